The van der Waals surface area contributed by atoms with Gasteiger partial charge in [0.1, 0.15) is 5.82 Å². The third-order valence-electron chi connectivity index (χ3n) is 4.23. The predicted octanol–water partition coefficient (Wildman–Crippen LogP) is 3.59. The first-order chi connectivity index (χ1) is 12.7. The molecule has 0 aliphatic carbocycles. The Morgan fingerprint density at radius 3 is 2.35 bits per heavy atom. The van der Waals surface area contributed by atoms with E-state index in [1.165, 1.54) is 0 Å². The molecule has 0 saturated heterocycles. The van der Waals surface area contributed by atoms with Crippen LogP contribution in [0.5, 0.6) is 0 Å². The van der Waals surface area contributed by atoms with Crippen molar-refractivity contribution in [2.75, 3.05) is 0 Å². The van der Waals surface area contributed by atoms with Gasteiger partial charge >= 0.3 is 0 Å². The van der Waals surface area contributed by atoms with Gasteiger partial charge in [-0.05, 0) is 24.1 Å². The normalized spacial score (nSPS) is 10.5. The number of aromatic nitrogens is 3. The minimum Gasteiger partial charge on any atom is -0.328 e. The van der Waals surface area contributed by atoms with Gasteiger partial charge in [0.15, 0.2) is 0 Å². The van der Waals surface area contributed by atoms with Gasteiger partial charge in [-0.1, -0.05) is 43.3 Å². The largest absolute Gasteiger partial charge is 0.328 e. The molecule has 0 saturated carbocycles. The third kappa shape index (κ3) is 4.30. The van der Waals surface area contributed by atoms with Gasteiger partial charge in [-0.25, -0.2) is 9.97 Å². The van der Waals surface area contributed by atoms with E-state index in [2.05, 4.69) is 15.0 Å². The minimum absolute atomic E-state index is 0.0958. The molecule has 5 heteroatoms. The first-order valence-electron chi connectivity index (χ1n) is 8.72. The summed E-state index contributed by atoms with van der Waals surface area (Å²) in [5, 5.41) is 0. The summed E-state index contributed by atoms with van der Waals surface area (Å²) >= 11 is 0. The second kappa shape index (κ2) is 8.34. The molecule has 0 N–H and O–H groups in total. The molecule has 0 bridgehead atoms. The quantitative estimate of drug-likeness (QED) is 0.684. The van der Waals surface area contributed by atoms with Gasteiger partial charge in [-0.15, -0.1) is 0 Å². The molecule has 0 aliphatic rings. The zero-order valence-corrected chi connectivity index (χ0v) is 15.1. The molecule has 0 atom stereocenters. The van der Waals surface area contributed by atoms with Crippen LogP contribution in [-0.2, 0) is 19.5 Å². The number of nitrogens with zero attached hydrogens (tertiary/aromatic N) is 4. The van der Waals surface area contributed by atoms with Crippen LogP contribution in [0.2, 0.25) is 0 Å². The molecule has 132 valence electrons. The van der Waals surface area contributed by atoms with Crippen molar-refractivity contribution in [1.29, 1.82) is 0 Å². The Balaban J connectivity index is 1.88. The second-order valence-corrected chi connectivity index (χ2v) is 6.16. The summed E-state index contributed by atoms with van der Waals surface area (Å²) in [7, 11) is 0. The summed E-state index contributed by atoms with van der Waals surface area (Å²) in [5.41, 5.74) is 3.52. The first kappa shape index (κ1) is 17.7. The van der Waals surface area contributed by atoms with E-state index < -0.39 is 0 Å². The summed E-state index contributed by atoms with van der Waals surface area (Å²) in [6.07, 6.45) is 5.72. The molecule has 3 rings (SSSR count). The highest BCUT2D eigenvalue weighted by atomic mass is 16.2. The fourth-order valence-electron chi connectivity index (χ4n) is 2.70. The van der Waals surface area contributed by atoms with Crippen LogP contribution < -0.4 is 0 Å². The number of pyridine rings is 1. The van der Waals surface area contributed by atoms with Crippen molar-refractivity contribution in [1.82, 2.24) is 19.9 Å². The lowest BCUT2D eigenvalue weighted by molar-refractivity contribution is 0.0726. The molecule has 0 unspecified atom stereocenters. The van der Waals surface area contributed by atoms with Crippen LogP contribution in [0.4, 0.5) is 0 Å². The molecule has 2 heterocycles. The number of hydrogen-bond acceptors (Lipinski definition) is 4. The molecule has 0 fully saturated rings. The van der Waals surface area contributed by atoms with Gasteiger partial charge < -0.3 is 4.90 Å². The Labute approximate surface area is 153 Å². The Hall–Kier alpha value is -3.08. The molecule has 26 heavy (non-hydrogen) atoms. The van der Waals surface area contributed by atoms with Gasteiger partial charge in [0, 0.05) is 31.6 Å². The lowest BCUT2D eigenvalue weighted by atomic mass is 10.1. The molecule has 1 aromatic carbocycles. The highest BCUT2D eigenvalue weighted by Gasteiger charge is 2.19. The van der Waals surface area contributed by atoms with Gasteiger partial charge in [-0.2, -0.15) is 0 Å². The van der Waals surface area contributed by atoms with Crippen molar-refractivity contribution >= 4 is 5.91 Å². The maximum Gasteiger partial charge on any atom is 0.257 e. The summed E-state index contributed by atoms with van der Waals surface area (Å²) in [4.78, 5) is 27.8. The molecule has 0 spiro atoms. The van der Waals surface area contributed by atoms with E-state index in [0.717, 1.165) is 29.1 Å². The molecule has 0 aliphatic heterocycles. The predicted molar refractivity (Wildman–Crippen MR) is 100 cm³/mol. The van der Waals surface area contributed by atoms with Crippen LogP contribution in [0, 0.1) is 6.92 Å². The van der Waals surface area contributed by atoms with E-state index >= 15 is 0 Å². The van der Waals surface area contributed by atoms with Crippen molar-refractivity contribution in [2.24, 2.45) is 0 Å². The maximum atomic E-state index is 13.1. The monoisotopic (exact) mass is 346 g/mol. The lowest BCUT2D eigenvalue weighted by Gasteiger charge is -2.23. The highest BCUT2D eigenvalue weighted by molar-refractivity contribution is 5.93. The van der Waals surface area contributed by atoms with Gasteiger partial charge in [-0.3, -0.25) is 9.78 Å². The van der Waals surface area contributed by atoms with E-state index in [1.807, 2.05) is 56.3 Å². The highest BCUT2D eigenvalue weighted by Crippen LogP contribution is 2.14. The number of rotatable bonds is 6. The Bertz CT molecular complexity index is 863. The van der Waals surface area contributed by atoms with E-state index in [-0.39, 0.29) is 5.91 Å². The zero-order chi connectivity index (χ0) is 18.4. The summed E-state index contributed by atoms with van der Waals surface area (Å²) in [6.45, 7) is 4.94. The molecule has 5 nitrogen and oxygen atoms in total. The van der Waals surface area contributed by atoms with Crippen molar-refractivity contribution in [2.45, 2.75) is 33.4 Å². The molecule has 2 aromatic heterocycles. The number of carbonyl (C=O) groups is 1. The standard InChI is InChI=1S/C21H22N4O/c1-3-20-23-12-18(13-24-20)21(26)25(14-17-9-5-4-6-10-17)15-19-16(2)8-7-11-22-19/h4-13H,3,14-15H2,1-2H3. The average molecular weight is 346 g/mol. The van der Waals surface area contributed by atoms with Crippen LogP contribution in [0.25, 0.3) is 0 Å². The van der Waals surface area contributed by atoms with Crippen molar-refractivity contribution in [3.05, 3.63) is 89.3 Å². The van der Waals surface area contributed by atoms with Crippen LogP contribution in [0.15, 0.2) is 61.1 Å². The Kier molecular flexibility index (Phi) is 5.69. The fourth-order valence-corrected chi connectivity index (χ4v) is 2.70. The Morgan fingerprint density at radius 2 is 1.69 bits per heavy atom. The number of hydrogen-bond donors (Lipinski definition) is 0. The number of carbonyl (C=O) groups excluding carboxylic acids is 1. The van der Waals surface area contributed by atoms with E-state index in [1.54, 1.807) is 23.5 Å². The molecule has 0 radical (unpaired) electrons. The van der Waals surface area contributed by atoms with Crippen molar-refractivity contribution in [3.8, 4) is 0 Å². The summed E-state index contributed by atoms with van der Waals surface area (Å²) in [6, 6.07) is 13.9. The number of amides is 1. The third-order valence-corrected chi connectivity index (χ3v) is 4.23. The van der Waals surface area contributed by atoms with Gasteiger partial charge in [0.2, 0.25) is 0 Å². The van der Waals surface area contributed by atoms with Crippen LogP contribution in [0.1, 0.15) is 39.9 Å². The van der Waals surface area contributed by atoms with E-state index in [4.69, 9.17) is 0 Å². The van der Waals surface area contributed by atoms with Crippen molar-refractivity contribution < 1.29 is 4.79 Å². The van der Waals surface area contributed by atoms with E-state index in [9.17, 15) is 4.79 Å². The van der Waals surface area contributed by atoms with Crippen LogP contribution >= 0.6 is 0 Å². The zero-order valence-electron chi connectivity index (χ0n) is 15.1. The molecule has 3 aromatic rings. The maximum absolute atomic E-state index is 13.1. The van der Waals surface area contributed by atoms with Gasteiger partial charge in [0.25, 0.3) is 5.91 Å². The minimum atomic E-state index is -0.0958. The number of aryl methyl sites for hydroxylation is 2. The van der Waals surface area contributed by atoms with Crippen LogP contribution in [-0.4, -0.2) is 25.8 Å². The van der Waals surface area contributed by atoms with E-state index in [0.29, 0.717) is 18.7 Å². The second-order valence-electron chi connectivity index (χ2n) is 6.16. The summed E-state index contributed by atoms with van der Waals surface area (Å²) < 4.78 is 0. The molecular formula is C21H22N4O. The topological polar surface area (TPSA) is 59.0 Å². The van der Waals surface area contributed by atoms with Crippen molar-refractivity contribution in [3.63, 3.8) is 0 Å². The average Bonchev–Trinajstić information content (AvgIpc) is 2.69. The number of benzene rings is 1. The molecule has 1 amide bonds. The molecular weight excluding hydrogens is 324 g/mol. The smallest absolute Gasteiger partial charge is 0.257 e. The first-order valence-corrected chi connectivity index (χ1v) is 8.72. The van der Waals surface area contributed by atoms with Crippen LogP contribution in [0.3, 0.4) is 0 Å². The fraction of sp³-hybridized carbons (Fsp3) is 0.238. The lowest BCUT2D eigenvalue weighted by Crippen LogP contribution is -2.31. The SMILES string of the molecule is CCc1ncc(C(=O)N(Cc2ccccc2)Cc2ncccc2C)cn1. The summed E-state index contributed by atoms with van der Waals surface area (Å²) in [5.74, 6) is 0.637. The Morgan fingerprint density at radius 1 is 0.962 bits per heavy atom. The van der Waals surface area contributed by atoms with Gasteiger partial charge in [0.05, 0.1) is 17.8 Å².